The molecule has 1 aliphatic heterocycles. The number of hydrogen-bond acceptors (Lipinski definition) is 9. The number of ether oxygens (including phenoxy) is 2. The van der Waals surface area contributed by atoms with Crippen LogP contribution >= 0.6 is 22.9 Å². The average molecular weight is 575 g/mol. The first-order valence-corrected chi connectivity index (χ1v) is 11.9. The molecule has 4 rings (SSSR count). The maximum Gasteiger partial charge on any atom is 0.278 e. The van der Waals surface area contributed by atoms with E-state index in [4.69, 9.17) is 15.2 Å². The van der Waals surface area contributed by atoms with Crippen molar-refractivity contribution in [2.24, 2.45) is 0 Å². The fourth-order valence-electron chi connectivity index (χ4n) is 3.73. The van der Waals surface area contributed by atoms with Crippen LogP contribution in [0.3, 0.4) is 0 Å². The Kier molecular flexibility index (Phi) is 8.08. The number of aromatic nitrogens is 3. The van der Waals surface area contributed by atoms with Crippen LogP contribution in [0.25, 0.3) is 11.3 Å². The fraction of sp³-hybridized carbons (Fsp3) is 0.304. The number of methoxy groups -OCH3 is 1. The van der Waals surface area contributed by atoms with E-state index in [9.17, 15) is 4.79 Å². The number of morpholine rings is 1. The second-order valence-corrected chi connectivity index (χ2v) is 8.37. The summed E-state index contributed by atoms with van der Waals surface area (Å²) in [6.45, 7) is 3.56. The molecule has 0 saturated carbocycles. The van der Waals surface area contributed by atoms with Gasteiger partial charge in [0.05, 0.1) is 49.8 Å². The Labute approximate surface area is 211 Å². The summed E-state index contributed by atoms with van der Waals surface area (Å²) in [6, 6.07) is 7.76. The number of hydrogen-bond donors (Lipinski definition) is 3. The lowest BCUT2D eigenvalue weighted by atomic mass is 10.1. The molecule has 0 unspecified atom stereocenters. The molecule has 0 radical (unpaired) electrons. The van der Waals surface area contributed by atoms with Crippen molar-refractivity contribution >= 4 is 46.0 Å². The van der Waals surface area contributed by atoms with Crippen molar-refractivity contribution in [1.29, 1.82) is 0 Å². The number of nitrogens with zero attached hydrogens (tertiary/aromatic N) is 4. The summed E-state index contributed by atoms with van der Waals surface area (Å²) in [5.74, 6) is 0.234. The molecule has 0 spiro atoms. The highest BCUT2D eigenvalue weighted by Gasteiger charge is 2.20. The van der Waals surface area contributed by atoms with E-state index >= 15 is 0 Å². The van der Waals surface area contributed by atoms with Crippen LogP contribution in [0.15, 0.2) is 42.9 Å². The summed E-state index contributed by atoms with van der Waals surface area (Å²) >= 11 is 2.12. The third-order valence-corrected chi connectivity index (χ3v) is 6.00. The first-order chi connectivity index (χ1) is 16.6. The third-order valence-electron chi connectivity index (χ3n) is 5.46. The predicted octanol–water partition coefficient (Wildman–Crippen LogP) is 2.70. The van der Waals surface area contributed by atoms with Gasteiger partial charge in [0, 0.05) is 54.3 Å². The van der Waals surface area contributed by atoms with Crippen LogP contribution in [0.5, 0.6) is 5.75 Å². The van der Waals surface area contributed by atoms with Crippen molar-refractivity contribution in [3.05, 3.63) is 54.1 Å². The summed E-state index contributed by atoms with van der Waals surface area (Å²) in [4.78, 5) is 28.2. The van der Waals surface area contributed by atoms with Gasteiger partial charge in [-0.15, -0.1) is 0 Å². The summed E-state index contributed by atoms with van der Waals surface area (Å²) < 4.78 is 14.1. The summed E-state index contributed by atoms with van der Waals surface area (Å²) in [6.07, 6.45) is 5.71. The van der Waals surface area contributed by atoms with Crippen molar-refractivity contribution in [2.45, 2.75) is 6.42 Å². The number of rotatable bonds is 8. The number of benzene rings is 1. The maximum absolute atomic E-state index is 13.2. The lowest BCUT2D eigenvalue weighted by molar-refractivity contribution is 0.102. The number of carbonyl (C=O) groups is 1. The summed E-state index contributed by atoms with van der Waals surface area (Å²) in [7, 11) is 1.60. The molecule has 1 fully saturated rings. The zero-order chi connectivity index (χ0) is 23.9. The summed E-state index contributed by atoms with van der Waals surface area (Å²) in [5.41, 5.74) is 9.86. The lowest BCUT2D eigenvalue weighted by Gasteiger charge is -2.30. The normalized spacial score (nSPS) is 13.5. The van der Waals surface area contributed by atoms with Crippen LogP contribution in [-0.4, -0.2) is 60.8 Å². The Bertz CT molecular complexity index is 1160. The van der Waals surface area contributed by atoms with Crippen LogP contribution in [0.1, 0.15) is 16.1 Å². The van der Waals surface area contributed by atoms with Crippen molar-refractivity contribution in [3.63, 3.8) is 0 Å². The van der Waals surface area contributed by atoms with Gasteiger partial charge in [-0.25, -0.2) is 9.97 Å². The molecule has 3 aromatic rings. The van der Waals surface area contributed by atoms with Gasteiger partial charge in [0.15, 0.2) is 11.5 Å². The first-order valence-electron chi connectivity index (χ1n) is 10.8. The molecule has 0 atom stereocenters. The number of amides is 1. The minimum atomic E-state index is -0.460. The van der Waals surface area contributed by atoms with Gasteiger partial charge in [-0.2, -0.15) is 0 Å². The SMILES string of the molecule is COc1cc(CCNI)ccc1-c1cnc(N)c(C(=O)Nc2cnccc2N2CCOCC2)n1. The molecule has 178 valence electrons. The molecule has 2 aromatic heterocycles. The predicted molar refractivity (Wildman–Crippen MR) is 139 cm³/mol. The second-order valence-electron chi connectivity index (χ2n) is 7.60. The van der Waals surface area contributed by atoms with Gasteiger partial charge < -0.3 is 25.4 Å². The Morgan fingerprint density at radius 1 is 1.26 bits per heavy atom. The quantitative estimate of drug-likeness (QED) is 0.275. The number of pyridine rings is 1. The molecule has 0 bridgehead atoms. The van der Waals surface area contributed by atoms with Gasteiger partial charge in [0.2, 0.25) is 0 Å². The number of nitrogen functional groups attached to an aromatic ring is 1. The molecule has 4 N–H and O–H groups in total. The van der Waals surface area contributed by atoms with E-state index in [1.54, 1.807) is 25.7 Å². The smallest absolute Gasteiger partial charge is 0.278 e. The highest BCUT2D eigenvalue weighted by molar-refractivity contribution is 14.1. The molecule has 11 heteroatoms. The van der Waals surface area contributed by atoms with Gasteiger partial charge >= 0.3 is 0 Å². The molecule has 34 heavy (non-hydrogen) atoms. The van der Waals surface area contributed by atoms with E-state index in [0.717, 1.165) is 42.9 Å². The molecule has 1 aliphatic rings. The molecular weight excluding hydrogens is 549 g/mol. The van der Waals surface area contributed by atoms with Crippen LogP contribution in [0.4, 0.5) is 17.2 Å². The van der Waals surface area contributed by atoms with Gasteiger partial charge in [-0.3, -0.25) is 13.3 Å². The van der Waals surface area contributed by atoms with E-state index in [1.807, 2.05) is 24.3 Å². The van der Waals surface area contributed by atoms with Gasteiger partial charge in [0.1, 0.15) is 5.75 Å². The molecule has 0 aliphatic carbocycles. The molecule has 3 heterocycles. The monoisotopic (exact) mass is 575 g/mol. The van der Waals surface area contributed by atoms with E-state index in [-0.39, 0.29) is 11.5 Å². The van der Waals surface area contributed by atoms with E-state index in [2.05, 4.69) is 51.6 Å². The Morgan fingerprint density at radius 3 is 2.85 bits per heavy atom. The number of nitrogens with two attached hydrogens (primary N) is 1. The number of carbonyl (C=O) groups excluding carboxylic acids is 1. The molecule has 1 amide bonds. The Hall–Kier alpha value is -3.03. The standard InChI is InChI=1S/C23H26IN7O3/c1-33-20-12-15(4-7-28-24)2-3-16(20)17-14-27-22(25)21(29-17)23(32)30-18-13-26-6-5-19(18)31-8-10-34-11-9-31/h2-3,5-6,12-14,28H,4,7-11H2,1H3,(H2,25,27)(H,30,32). The fourth-order valence-corrected chi connectivity index (χ4v) is 4.00. The minimum Gasteiger partial charge on any atom is -0.496 e. The maximum atomic E-state index is 13.2. The van der Waals surface area contributed by atoms with Crippen LogP contribution < -0.4 is 24.2 Å². The van der Waals surface area contributed by atoms with Crippen LogP contribution in [-0.2, 0) is 11.2 Å². The number of anilines is 3. The molecule has 1 saturated heterocycles. The highest BCUT2D eigenvalue weighted by Crippen LogP contribution is 2.31. The highest BCUT2D eigenvalue weighted by atomic mass is 127. The van der Waals surface area contributed by atoms with Crippen LogP contribution in [0.2, 0.25) is 0 Å². The summed E-state index contributed by atoms with van der Waals surface area (Å²) in [5, 5.41) is 2.90. The van der Waals surface area contributed by atoms with Gasteiger partial charge in [-0.05, 0) is 30.2 Å². The Morgan fingerprint density at radius 2 is 2.09 bits per heavy atom. The molecular formula is C23H26IN7O3. The number of halogens is 1. The zero-order valence-electron chi connectivity index (χ0n) is 18.8. The van der Waals surface area contributed by atoms with Crippen molar-refractivity contribution < 1.29 is 14.3 Å². The van der Waals surface area contributed by atoms with E-state index in [0.29, 0.717) is 30.3 Å². The van der Waals surface area contributed by atoms with Crippen LogP contribution in [0, 0.1) is 0 Å². The van der Waals surface area contributed by atoms with Crippen molar-refractivity contribution in [3.8, 4) is 17.0 Å². The third kappa shape index (κ3) is 5.54. The van der Waals surface area contributed by atoms with E-state index < -0.39 is 5.91 Å². The average Bonchev–Trinajstić information content (AvgIpc) is 2.88. The van der Waals surface area contributed by atoms with E-state index in [1.165, 1.54) is 0 Å². The molecule has 1 aromatic carbocycles. The van der Waals surface area contributed by atoms with Gasteiger partial charge in [0.25, 0.3) is 5.91 Å². The largest absolute Gasteiger partial charge is 0.496 e. The second kappa shape index (κ2) is 11.4. The first kappa shape index (κ1) is 24.1. The topological polar surface area (TPSA) is 128 Å². The molecule has 10 nitrogen and oxygen atoms in total. The van der Waals surface area contributed by atoms with Crippen molar-refractivity contribution in [1.82, 2.24) is 18.5 Å². The Balaban J connectivity index is 1.60. The van der Waals surface area contributed by atoms with Crippen molar-refractivity contribution in [2.75, 3.05) is 55.9 Å². The lowest BCUT2D eigenvalue weighted by Crippen LogP contribution is -2.36. The minimum absolute atomic E-state index is 0.0366. The zero-order valence-corrected chi connectivity index (χ0v) is 20.9. The number of nitrogens with one attached hydrogen (secondary N) is 2. The van der Waals surface area contributed by atoms with Gasteiger partial charge in [-0.1, -0.05) is 6.07 Å².